The van der Waals surface area contributed by atoms with Crippen LogP contribution in [0.2, 0.25) is 0 Å². The second-order valence-electron chi connectivity index (χ2n) is 3.18. The molecule has 0 radical (unpaired) electrons. The Kier molecular flexibility index (Phi) is 3.24. The SMILES string of the molecule is CCOC(=O)c1nc2cc(CBr)ccc2o1. The highest BCUT2D eigenvalue weighted by Crippen LogP contribution is 2.19. The van der Waals surface area contributed by atoms with Crippen LogP contribution in [0.1, 0.15) is 23.2 Å². The molecule has 0 aliphatic carbocycles. The first-order valence-corrected chi connectivity index (χ1v) is 5.99. The van der Waals surface area contributed by atoms with Gasteiger partial charge in [0.05, 0.1) is 6.61 Å². The molecule has 1 heterocycles. The zero-order valence-electron chi connectivity index (χ0n) is 8.70. The van der Waals surface area contributed by atoms with Crippen LogP contribution in [0.25, 0.3) is 11.1 Å². The molecule has 0 aliphatic rings. The Morgan fingerprint density at radius 2 is 2.38 bits per heavy atom. The Bertz CT molecular complexity index is 521. The summed E-state index contributed by atoms with van der Waals surface area (Å²) in [7, 11) is 0. The van der Waals surface area contributed by atoms with Gasteiger partial charge in [0, 0.05) is 5.33 Å². The van der Waals surface area contributed by atoms with Gasteiger partial charge in [0.1, 0.15) is 5.52 Å². The molecule has 4 nitrogen and oxygen atoms in total. The first kappa shape index (κ1) is 11.1. The number of esters is 1. The Morgan fingerprint density at radius 1 is 1.56 bits per heavy atom. The van der Waals surface area contributed by atoms with Gasteiger partial charge in [-0.15, -0.1) is 0 Å². The molecule has 0 amide bonds. The third kappa shape index (κ3) is 2.09. The standard InChI is InChI=1S/C11H10BrNO3/c1-2-15-11(14)10-13-8-5-7(6-12)3-4-9(8)16-10/h3-5H,2,6H2,1H3. The normalized spacial score (nSPS) is 10.6. The van der Waals surface area contributed by atoms with Crippen molar-refractivity contribution in [2.24, 2.45) is 0 Å². The number of ether oxygens (including phenoxy) is 1. The average Bonchev–Trinajstić information content (AvgIpc) is 2.71. The van der Waals surface area contributed by atoms with Crippen molar-refractivity contribution in [3.8, 4) is 0 Å². The van der Waals surface area contributed by atoms with E-state index in [0.717, 1.165) is 10.9 Å². The molecular formula is C11H10BrNO3. The Morgan fingerprint density at radius 3 is 3.06 bits per heavy atom. The number of oxazole rings is 1. The molecule has 1 aromatic heterocycles. The fourth-order valence-electron chi connectivity index (χ4n) is 1.34. The molecule has 1 aromatic carbocycles. The van der Waals surface area contributed by atoms with Gasteiger partial charge < -0.3 is 9.15 Å². The Hall–Kier alpha value is -1.36. The van der Waals surface area contributed by atoms with Crippen molar-refractivity contribution in [1.82, 2.24) is 4.98 Å². The average molecular weight is 284 g/mol. The van der Waals surface area contributed by atoms with E-state index in [2.05, 4.69) is 20.9 Å². The highest BCUT2D eigenvalue weighted by atomic mass is 79.9. The lowest BCUT2D eigenvalue weighted by Crippen LogP contribution is -2.04. The number of carbonyl (C=O) groups is 1. The molecule has 84 valence electrons. The highest BCUT2D eigenvalue weighted by molar-refractivity contribution is 9.08. The molecule has 5 heteroatoms. The number of benzene rings is 1. The van der Waals surface area contributed by atoms with Crippen LogP contribution < -0.4 is 0 Å². The van der Waals surface area contributed by atoms with Crippen LogP contribution in [-0.2, 0) is 10.1 Å². The minimum Gasteiger partial charge on any atom is -0.459 e. The van der Waals surface area contributed by atoms with Crippen LogP contribution in [0.5, 0.6) is 0 Å². The van der Waals surface area contributed by atoms with Gasteiger partial charge in [-0.25, -0.2) is 9.78 Å². The van der Waals surface area contributed by atoms with Gasteiger partial charge in [-0.05, 0) is 24.6 Å². The zero-order valence-corrected chi connectivity index (χ0v) is 10.3. The molecule has 0 bridgehead atoms. The predicted octanol–water partition coefficient (Wildman–Crippen LogP) is 2.90. The summed E-state index contributed by atoms with van der Waals surface area (Å²) in [6.45, 7) is 2.05. The van der Waals surface area contributed by atoms with E-state index in [4.69, 9.17) is 9.15 Å². The van der Waals surface area contributed by atoms with Gasteiger partial charge in [-0.1, -0.05) is 22.0 Å². The molecule has 2 rings (SSSR count). The van der Waals surface area contributed by atoms with Crippen molar-refractivity contribution in [3.63, 3.8) is 0 Å². The van der Waals surface area contributed by atoms with E-state index < -0.39 is 5.97 Å². The van der Waals surface area contributed by atoms with Crippen molar-refractivity contribution >= 4 is 33.0 Å². The third-order valence-electron chi connectivity index (χ3n) is 2.06. The van der Waals surface area contributed by atoms with Crippen LogP contribution in [0, 0.1) is 0 Å². The van der Waals surface area contributed by atoms with Crippen molar-refractivity contribution in [1.29, 1.82) is 0 Å². The predicted molar refractivity (Wildman–Crippen MR) is 62.6 cm³/mol. The molecule has 0 saturated carbocycles. The summed E-state index contributed by atoms with van der Waals surface area (Å²) in [4.78, 5) is 15.5. The summed E-state index contributed by atoms with van der Waals surface area (Å²) in [5.74, 6) is -0.525. The lowest BCUT2D eigenvalue weighted by atomic mass is 10.2. The Labute approximate surface area is 101 Å². The van der Waals surface area contributed by atoms with Gasteiger partial charge in [0.25, 0.3) is 0 Å². The molecule has 0 atom stereocenters. The van der Waals surface area contributed by atoms with Crippen LogP contribution in [-0.4, -0.2) is 17.6 Å². The van der Waals surface area contributed by atoms with E-state index in [1.54, 1.807) is 13.0 Å². The summed E-state index contributed by atoms with van der Waals surface area (Å²) >= 11 is 3.35. The first-order valence-electron chi connectivity index (χ1n) is 4.87. The number of hydrogen-bond donors (Lipinski definition) is 0. The van der Waals surface area contributed by atoms with Crippen molar-refractivity contribution in [2.75, 3.05) is 6.61 Å². The van der Waals surface area contributed by atoms with Crippen molar-refractivity contribution < 1.29 is 13.9 Å². The minimum absolute atomic E-state index is 0.00331. The van der Waals surface area contributed by atoms with E-state index in [1.807, 2.05) is 12.1 Å². The fraction of sp³-hybridized carbons (Fsp3) is 0.273. The van der Waals surface area contributed by atoms with Gasteiger partial charge in [-0.3, -0.25) is 0 Å². The smallest absolute Gasteiger partial charge is 0.394 e. The number of halogens is 1. The topological polar surface area (TPSA) is 52.3 Å². The second-order valence-corrected chi connectivity index (χ2v) is 3.74. The van der Waals surface area contributed by atoms with Crippen molar-refractivity contribution in [2.45, 2.75) is 12.3 Å². The van der Waals surface area contributed by atoms with Gasteiger partial charge >= 0.3 is 11.9 Å². The van der Waals surface area contributed by atoms with E-state index in [-0.39, 0.29) is 5.89 Å². The van der Waals surface area contributed by atoms with Crippen LogP contribution >= 0.6 is 15.9 Å². The van der Waals surface area contributed by atoms with Crippen LogP contribution in [0.3, 0.4) is 0 Å². The molecule has 0 saturated heterocycles. The molecule has 0 aliphatic heterocycles. The molecule has 0 fully saturated rings. The maximum atomic E-state index is 11.4. The molecule has 0 unspecified atom stereocenters. The third-order valence-corrected chi connectivity index (χ3v) is 2.70. The van der Waals surface area contributed by atoms with E-state index >= 15 is 0 Å². The van der Waals surface area contributed by atoms with Gasteiger partial charge in [0.15, 0.2) is 5.58 Å². The second kappa shape index (κ2) is 4.65. The maximum absolute atomic E-state index is 11.4. The molecular weight excluding hydrogens is 274 g/mol. The minimum atomic E-state index is -0.529. The highest BCUT2D eigenvalue weighted by Gasteiger charge is 2.15. The fourth-order valence-corrected chi connectivity index (χ4v) is 1.69. The number of fused-ring (bicyclic) bond motifs is 1. The van der Waals surface area contributed by atoms with Gasteiger partial charge in [0.2, 0.25) is 0 Å². The molecule has 0 spiro atoms. The first-order chi connectivity index (χ1) is 7.74. The van der Waals surface area contributed by atoms with Crippen LogP contribution in [0.4, 0.5) is 0 Å². The number of aromatic nitrogens is 1. The lowest BCUT2D eigenvalue weighted by Gasteiger charge is -1.94. The zero-order chi connectivity index (χ0) is 11.5. The van der Waals surface area contributed by atoms with Crippen molar-refractivity contribution in [3.05, 3.63) is 29.7 Å². The number of alkyl halides is 1. The Balaban J connectivity index is 2.39. The number of nitrogens with zero attached hydrogens (tertiary/aromatic N) is 1. The van der Waals surface area contributed by atoms with E-state index in [9.17, 15) is 4.79 Å². The molecule has 2 aromatic rings. The quantitative estimate of drug-likeness (QED) is 0.642. The van der Waals surface area contributed by atoms with Gasteiger partial charge in [-0.2, -0.15) is 0 Å². The number of rotatable bonds is 3. The lowest BCUT2D eigenvalue weighted by molar-refractivity contribution is 0.0483. The summed E-state index contributed by atoms with van der Waals surface area (Å²) in [6.07, 6.45) is 0. The number of carbonyl (C=O) groups excluding carboxylic acids is 1. The van der Waals surface area contributed by atoms with Crippen LogP contribution in [0.15, 0.2) is 22.6 Å². The summed E-state index contributed by atoms with van der Waals surface area (Å²) in [5.41, 5.74) is 2.34. The molecule has 0 N–H and O–H groups in total. The summed E-state index contributed by atoms with van der Waals surface area (Å²) in [5, 5.41) is 0.741. The largest absolute Gasteiger partial charge is 0.459 e. The summed E-state index contributed by atoms with van der Waals surface area (Å²) < 4.78 is 10.1. The van der Waals surface area contributed by atoms with E-state index in [1.165, 1.54) is 0 Å². The number of hydrogen-bond acceptors (Lipinski definition) is 4. The summed E-state index contributed by atoms with van der Waals surface area (Å²) in [6, 6.07) is 5.58. The van der Waals surface area contributed by atoms with E-state index in [0.29, 0.717) is 17.7 Å². The monoisotopic (exact) mass is 283 g/mol. The maximum Gasteiger partial charge on any atom is 0.394 e. The molecule has 16 heavy (non-hydrogen) atoms.